The molecule has 5 rings (SSSR count). The number of aryl methyl sites for hydroxylation is 2. The van der Waals surface area contributed by atoms with E-state index in [2.05, 4.69) is 70.2 Å². The number of fused-ring (bicyclic) bond motifs is 3. The molecule has 1 aliphatic heterocycles. The van der Waals surface area contributed by atoms with E-state index in [0.717, 1.165) is 43.3 Å². The summed E-state index contributed by atoms with van der Waals surface area (Å²) in [6.07, 6.45) is 4.96. The maximum absolute atomic E-state index is 4.93. The third-order valence-electron chi connectivity index (χ3n) is 6.37. The predicted molar refractivity (Wildman–Crippen MR) is 117 cm³/mol. The fraction of sp³-hybridized carbons (Fsp3) is 0.435. The van der Waals surface area contributed by atoms with Gasteiger partial charge in [0.15, 0.2) is 0 Å². The highest BCUT2D eigenvalue weighted by atomic mass is 15.2. The van der Waals surface area contributed by atoms with Crippen molar-refractivity contribution < 1.29 is 0 Å². The van der Waals surface area contributed by atoms with Crippen LogP contribution in [0.3, 0.4) is 0 Å². The van der Waals surface area contributed by atoms with E-state index in [-0.39, 0.29) is 0 Å². The highest BCUT2D eigenvalue weighted by Gasteiger charge is 2.19. The maximum atomic E-state index is 4.93. The average Bonchev–Trinajstić information content (AvgIpc) is 3.02. The SMILES string of the molecule is CN1CCN(c2ccc(Nc3ccc4c5c(n(C)c4n3)CCCC5)cc2)CC1. The van der Waals surface area contributed by atoms with E-state index in [4.69, 9.17) is 4.98 Å². The topological polar surface area (TPSA) is 36.3 Å². The summed E-state index contributed by atoms with van der Waals surface area (Å²) in [7, 11) is 4.35. The van der Waals surface area contributed by atoms with Gasteiger partial charge in [0.05, 0.1) is 0 Å². The Labute approximate surface area is 167 Å². The highest BCUT2D eigenvalue weighted by molar-refractivity contribution is 5.84. The summed E-state index contributed by atoms with van der Waals surface area (Å²) in [5.74, 6) is 0.915. The second kappa shape index (κ2) is 7.13. The van der Waals surface area contributed by atoms with Crippen LogP contribution in [0.2, 0.25) is 0 Å². The minimum absolute atomic E-state index is 0.915. The number of likely N-dealkylation sites (N-methyl/N-ethyl adjacent to an activating group) is 1. The van der Waals surface area contributed by atoms with Crippen LogP contribution >= 0.6 is 0 Å². The van der Waals surface area contributed by atoms with Gasteiger partial charge >= 0.3 is 0 Å². The van der Waals surface area contributed by atoms with Gasteiger partial charge in [-0.3, -0.25) is 0 Å². The molecule has 0 radical (unpaired) electrons. The van der Waals surface area contributed by atoms with Crippen LogP contribution in [-0.4, -0.2) is 47.7 Å². The molecule has 1 N–H and O–H groups in total. The Kier molecular flexibility index (Phi) is 4.47. The summed E-state index contributed by atoms with van der Waals surface area (Å²) in [5, 5.41) is 4.82. The molecule has 0 bridgehead atoms. The van der Waals surface area contributed by atoms with Crippen LogP contribution in [0.25, 0.3) is 11.0 Å². The first-order valence-electron chi connectivity index (χ1n) is 10.5. The maximum Gasteiger partial charge on any atom is 0.142 e. The molecule has 0 amide bonds. The number of hydrogen-bond acceptors (Lipinski definition) is 4. The molecule has 1 fully saturated rings. The molecule has 5 heteroatoms. The molecule has 0 unspecified atom stereocenters. The molecular weight excluding hydrogens is 346 g/mol. The summed E-state index contributed by atoms with van der Waals surface area (Å²) in [6.45, 7) is 4.45. The molecule has 2 aromatic heterocycles. The van der Waals surface area contributed by atoms with Crippen molar-refractivity contribution in [3.63, 3.8) is 0 Å². The first-order chi connectivity index (χ1) is 13.7. The minimum atomic E-state index is 0.915. The Bertz CT molecular complexity index is 980. The van der Waals surface area contributed by atoms with E-state index in [1.807, 2.05) is 0 Å². The number of aromatic nitrogens is 2. The van der Waals surface area contributed by atoms with Crippen molar-refractivity contribution >= 4 is 28.2 Å². The number of rotatable bonds is 3. The second-order valence-corrected chi connectivity index (χ2v) is 8.22. The van der Waals surface area contributed by atoms with Crippen molar-refractivity contribution in [1.29, 1.82) is 0 Å². The van der Waals surface area contributed by atoms with Crippen molar-refractivity contribution in [2.24, 2.45) is 7.05 Å². The molecular formula is C23H29N5. The smallest absolute Gasteiger partial charge is 0.142 e. The summed E-state index contributed by atoms with van der Waals surface area (Å²) in [6, 6.07) is 13.1. The van der Waals surface area contributed by atoms with Crippen molar-refractivity contribution in [1.82, 2.24) is 14.5 Å². The Hall–Kier alpha value is -2.53. The van der Waals surface area contributed by atoms with Crippen molar-refractivity contribution in [3.8, 4) is 0 Å². The van der Waals surface area contributed by atoms with E-state index in [0.29, 0.717) is 0 Å². The zero-order valence-electron chi connectivity index (χ0n) is 16.9. The average molecular weight is 376 g/mol. The zero-order chi connectivity index (χ0) is 19.1. The summed E-state index contributed by atoms with van der Waals surface area (Å²) in [4.78, 5) is 9.78. The summed E-state index contributed by atoms with van der Waals surface area (Å²) >= 11 is 0. The third-order valence-corrected chi connectivity index (χ3v) is 6.37. The number of piperazine rings is 1. The molecule has 5 nitrogen and oxygen atoms in total. The van der Waals surface area contributed by atoms with E-state index in [1.165, 1.54) is 48.0 Å². The largest absolute Gasteiger partial charge is 0.369 e. The number of hydrogen-bond donors (Lipinski definition) is 1. The highest BCUT2D eigenvalue weighted by Crippen LogP contribution is 2.31. The Balaban J connectivity index is 1.36. The summed E-state index contributed by atoms with van der Waals surface area (Å²) < 4.78 is 2.30. The van der Waals surface area contributed by atoms with E-state index >= 15 is 0 Å². The van der Waals surface area contributed by atoms with E-state index in [1.54, 1.807) is 0 Å². The Morgan fingerprint density at radius 3 is 2.39 bits per heavy atom. The number of nitrogens with one attached hydrogen (secondary N) is 1. The van der Waals surface area contributed by atoms with Gasteiger partial charge < -0.3 is 19.7 Å². The first-order valence-corrected chi connectivity index (χ1v) is 10.5. The van der Waals surface area contributed by atoms with Gasteiger partial charge in [-0.05, 0) is 74.7 Å². The molecule has 1 aromatic carbocycles. The predicted octanol–water partition coefficient (Wildman–Crippen LogP) is 3.95. The van der Waals surface area contributed by atoms with Crippen molar-refractivity contribution in [2.75, 3.05) is 43.4 Å². The van der Waals surface area contributed by atoms with E-state index < -0.39 is 0 Å². The van der Waals surface area contributed by atoms with Crippen molar-refractivity contribution in [2.45, 2.75) is 25.7 Å². The van der Waals surface area contributed by atoms with Crippen LogP contribution in [0.15, 0.2) is 36.4 Å². The number of pyridine rings is 1. The zero-order valence-corrected chi connectivity index (χ0v) is 16.9. The second-order valence-electron chi connectivity index (χ2n) is 8.22. The van der Waals surface area contributed by atoms with Gasteiger partial charge in [-0.15, -0.1) is 0 Å². The molecule has 0 spiro atoms. The Morgan fingerprint density at radius 1 is 0.857 bits per heavy atom. The molecule has 0 atom stereocenters. The van der Waals surface area contributed by atoms with Gasteiger partial charge in [0, 0.05) is 55.7 Å². The van der Waals surface area contributed by atoms with Crippen LogP contribution in [0.1, 0.15) is 24.1 Å². The summed E-state index contributed by atoms with van der Waals surface area (Å²) in [5.41, 5.74) is 6.48. The van der Waals surface area contributed by atoms with Crippen molar-refractivity contribution in [3.05, 3.63) is 47.7 Å². The van der Waals surface area contributed by atoms with Crippen LogP contribution in [0.4, 0.5) is 17.2 Å². The monoisotopic (exact) mass is 375 g/mol. The lowest BCUT2D eigenvalue weighted by molar-refractivity contribution is 0.313. The van der Waals surface area contributed by atoms with Gasteiger partial charge in [0.1, 0.15) is 11.5 Å². The molecule has 3 heterocycles. The molecule has 146 valence electrons. The third kappa shape index (κ3) is 3.14. The minimum Gasteiger partial charge on any atom is -0.369 e. The van der Waals surface area contributed by atoms with Crippen LogP contribution in [-0.2, 0) is 19.9 Å². The Morgan fingerprint density at radius 2 is 1.61 bits per heavy atom. The van der Waals surface area contributed by atoms with Gasteiger partial charge in [-0.25, -0.2) is 4.98 Å². The molecule has 1 aliphatic carbocycles. The lowest BCUT2D eigenvalue weighted by atomic mass is 9.96. The number of anilines is 3. The molecule has 2 aliphatic rings. The van der Waals surface area contributed by atoms with Crippen LogP contribution in [0, 0.1) is 0 Å². The standard InChI is InChI=1S/C23H29N5/c1-26-13-15-28(16-14-26)18-9-7-17(8-10-18)24-22-12-11-20-19-5-3-4-6-21(19)27(2)23(20)25-22/h7-12H,3-6,13-16H2,1-2H3,(H,24,25). The van der Waals surface area contributed by atoms with E-state index in [9.17, 15) is 0 Å². The fourth-order valence-corrected chi connectivity index (χ4v) is 4.65. The van der Waals surface area contributed by atoms with Gasteiger partial charge in [0.25, 0.3) is 0 Å². The lowest BCUT2D eigenvalue weighted by Crippen LogP contribution is -2.44. The molecule has 0 saturated carbocycles. The van der Waals surface area contributed by atoms with Gasteiger partial charge in [0.2, 0.25) is 0 Å². The van der Waals surface area contributed by atoms with Crippen LogP contribution in [0.5, 0.6) is 0 Å². The molecule has 1 saturated heterocycles. The molecule has 3 aromatic rings. The number of benzene rings is 1. The lowest BCUT2D eigenvalue weighted by Gasteiger charge is -2.34. The fourth-order valence-electron chi connectivity index (χ4n) is 4.65. The number of nitrogens with zero attached hydrogens (tertiary/aromatic N) is 4. The quantitative estimate of drug-likeness (QED) is 0.752. The normalized spacial score (nSPS) is 17.7. The van der Waals surface area contributed by atoms with Crippen LogP contribution < -0.4 is 10.2 Å². The first kappa shape index (κ1) is 17.6. The van der Waals surface area contributed by atoms with Gasteiger partial charge in [-0.2, -0.15) is 0 Å². The van der Waals surface area contributed by atoms with Gasteiger partial charge in [-0.1, -0.05) is 0 Å². The molecule has 28 heavy (non-hydrogen) atoms.